The van der Waals surface area contributed by atoms with Gasteiger partial charge in [-0.2, -0.15) is 13.2 Å². The Balaban J connectivity index is 1.01. The Morgan fingerprint density at radius 1 is 0.455 bits per heavy atom. The molecule has 0 amide bonds. The summed E-state index contributed by atoms with van der Waals surface area (Å²) >= 11 is 0. The summed E-state index contributed by atoms with van der Waals surface area (Å²) in [7, 11) is 0. The number of nitrogens with zero attached hydrogens (tertiary/aromatic N) is 2. The predicted molar refractivity (Wildman–Crippen MR) is 218 cm³/mol. The van der Waals surface area contributed by atoms with E-state index in [1.54, 1.807) is 0 Å². The number of hydrogen-bond acceptors (Lipinski definition) is 1. The minimum Gasteiger partial charge on any atom is -0.292 e. The van der Waals surface area contributed by atoms with E-state index in [1.165, 1.54) is 61.7 Å². The molecular weight excluding hydrogens is 686 g/mol. The van der Waals surface area contributed by atoms with Crippen LogP contribution in [0.2, 0.25) is 0 Å². The van der Waals surface area contributed by atoms with Crippen LogP contribution in [0, 0.1) is 0 Å². The van der Waals surface area contributed by atoms with E-state index in [1.807, 2.05) is 47.0 Å². The fraction of sp³-hybridized carbons (Fsp3) is 0.140. The second kappa shape index (κ2) is 11.6. The molecule has 0 bridgehead atoms. The van der Waals surface area contributed by atoms with Gasteiger partial charge in [0.25, 0.3) is 0 Å². The zero-order valence-corrected chi connectivity index (χ0v) is 31.0. The van der Waals surface area contributed by atoms with E-state index in [-0.39, 0.29) is 10.8 Å². The third-order valence-electron chi connectivity index (χ3n) is 12.1. The highest BCUT2D eigenvalue weighted by Gasteiger charge is 2.42. The number of benzene rings is 7. The number of para-hydroxylation sites is 1. The number of imidazole rings is 1. The first-order chi connectivity index (χ1) is 26.4. The van der Waals surface area contributed by atoms with Crippen molar-refractivity contribution < 1.29 is 13.2 Å². The van der Waals surface area contributed by atoms with Crippen LogP contribution >= 0.6 is 0 Å². The maximum absolute atomic E-state index is 13.6. The van der Waals surface area contributed by atoms with Crippen LogP contribution in [0.25, 0.3) is 72.6 Å². The van der Waals surface area contributed by atoms with Crippen molar-refractivity contribution in [2.24, 2.45) is 0 Å². The summed E-state index contributed by atoms with van der Waals surface area (Å²) in [6, 6.07) is 50.9. The van der Waals surface area contributed by atoms with Crippen LogP contribution in [0.15, 0.2) is 152 Å². The summed E-state index contributed by atoms with van der Waals surface area (Å²) in [5.74, 6) is 0.589. The molecule has 0 radical (unpaired) electrons. The van der Waals surface area contributed by atoms with Gasteiger partial charge in [0.05, 0.1) is 16.6 Å². The van der Waals surface area contributed by atoms with Crippen molar-refractivity contribution in [3.8, 4) is 61.6 Å². The average Bonchev–Trinajstić information content (AvgIpc) is 3.77. The first-order valence-corrected chi connectivity index (χ1v) is 18.7. The quantitative estimate of drug-likeness (QED) is 0.177. The third-order valence-corrected chi connectivity index (χ3v) is 12.1. The lowest BCUT2D eigenvalue weighted by Gasteiger charge is -2.24. The van der Waals surface area contributed by atoms with Crippen LogP contribution in [0.5, 0.6) is 0 Å². The van der Waals surface area contributed by atoms with Crippen LogP contribution in [0.3, 0.4) is 0 Å². The van der Waals surface area contributed by atoms with Gasteiger partial charge in [-0.25, -0.2) is 4.98 Å². The molecule has 55 heavy (non-hydrogen) atoms. The highest BCUT2D eigenvalue weighted by Crippen LogP contribution is 2.57. The molecule has 0 fully saturated rings. The number of rotatable bonds is 4. The van der Waals surface area contributed by atoms with Crippen LogP contribution in [0.1, 0.15) is 55.5 Å². The Labute approximate surface area is 318 Å². The summed E-state index contributed by atoms with van der Waals surface area (Å²) in [4.78, 5) is 4.76. The van der Waals surface area contributed by atoms with Gasteiger partial charge in [0.2, 0.25) is 0 Å². The monoisotopic (exact) mass is 722 g/mol. The highest BCUT2D eigenvalue weighted by molar-refractivity contribution is 5.92. The second-order valence-electron chi connectivity index (χ2n) is 16.0. The predicted octanol–water partition coefficient (Wildman–Crippen LogP) is 13.7. The highest BCUT2D eigenvalue weighted by atomic mass is 19.4. The van der Waals surface area contributed by atoms with E-state index in [2.05, 4.69) is 119 Å². The summed E-state index contributed by atoms with van der Waals surface area (Å²) in [6.07, 6.45) is -4.45. The van der Waals surface area contributed by atoms with E-state index in [0.717, 1.165) is 34.5 Å². The molecule has 5 heteroatoms. The Kier molecular flexibility index (Phi) is 7.07. The van der Waals surface area contributed by atoms with Crippen LogP contribution in [-0.2, 0) is 17.0 Å². The van der Waals surface area contributed by atoms with Gasteiger partial charge in [0, 0.05) is 22.1 Å². The van der Waals surface area contributed by atoms with Gasteiger partial charge in [-0.1, -0.05) is 125 Å². The van der Waals surface area contributed by atoms with Crippen molar-refractivity contribution in [1.82, 2.24) is 9.55 Å². The van der Waals surface area contributed by atoms with Crippen molar-refractivity contribution in [2.45, 2.75) is 44.7 Å². The van der Waals surface area contributed by atoms with Crippen molar-refractivity contribution in [3.63, 3.8) is 0 Å². The van der Waals surface area contributed by atoms with E-state index < -0.39 is 11.7 Å². The van der Waals surface area contributed by atoms with Crippen molar-refractivity contribution in [3.05, 3.63) is 179 Å². The largest absolute Gasteiger partial charge is 0.416 e. The van der Waals surface area contributed by atoms with Gasteiger partial charge in [-0.15, -0.1) is 0 Å². The summed E-state index contributed by atoms with van der Waals surface area (Å²) < 4.78 is 42.9. The summed E-state index contributed by atoms with van der Waals surface area (Å²) in [5.41, 5.74) is 16.8. The SMILES string of the molecule is CC1(C)c2cc(-c3ccccc3)ccc2-c2cc3c(cc21)-c1ccc(-c2ccc(-c4nc5cc(C(F)(F)F)ccc5n4-c4ccccc4)cc2)cc1C3(C)C. The normalized spacial score (nSPS) is 14.7. The molecule has 2 aliphatic carbocycles. The number of hydrogen-bond donors (Lipinski definition) is 0. The molecule has 0 aliphatic heterocycles. The Morgan fingerprint density at radius 3 is 1.47 bits per heavy atom. The minimum atomic E-state index is -4.45. The van der Waals surface area contributed by atoms with Gasteiger partial charge in [0.15, 0.2) is 0 Å². The van der Waals surface area contributed by atoms with E-state index in [4.69, 9.17) is 4.98 Å². The fourth-order valence-electron chi connectivity index (χ4n) is 9.05. The smallest absolute Gasteiger partial charge is 0.292 e. The van der Waals surface area contributed by atoms with E-state index in [0.29, 0.717) is 16.9 Å². The zero-order chi connectivity index (χ0) is 37.9. The van der Waals surface area contributed by atoms with Crippen molar-refractivity contribution in [1.29, 1.82) is 0 Å². The lowest BCUT2D eigenvalue weighted by Crippen LogP contribution is -2.17. The number of aromatic nitrogens is 2. The third kappa shape index (κ3) is 5.06. The molecule has 0 spiro atoms. The number of halogens is 3. The van der Waals surface area contributed by atoms with Crippen molar-refractivity contribution in [2.75, 3.05) is 0 Å². The van der Waals surface area contributed by atoms with Gasteiger partial charge >= 0.3 is 6.18 Å². The first kappa shape index (κ1) is 33.4. The van der Waals surface area contributed by atoms with Gasteiger partial charge in [0.1, 0.15) is 5.82 Å². The lowest BCUT2D eigenvalue weighted by atomic mass is 9.79. The molecule has 1 heterocycles. The summed E-state index contributed by atoms with van der Waals surface area (Å²) in [6.45, 7) is 9.35. The molecular formula is C50H37F3N2. The van der Waals surface area contributed by atoms with Gasteiger partial charge in [-0.3, -0.25) is 4.57 Å². The lowest BCUT2D eigenvalue weighted by molar-refractivity contribution is -0.137. The van der Waals surface area contributed by atoms with Gasteiger partial charge < -0.3 is 0 Å². The molecule has 10 rings (SSSR count). The zero-order valence-electron chi connectivity index (χ0n) is 31.0. The maximum Gasteiger partial charge on any atom is 0.416 e. The Hall–Kier alpha value is -6.20. The van der Waals surface area contributed by atoms with Crippen molar-refractivity contribution >= 4 is 11.0 Å². The summed E-state index contributed by atoms with van der Waals surface area (Å²) in [5, 5.41) is 0. The average molecular weight is 723 g/mol. The molecule has 8 aromatic rings. The molecule has 0 atom stereocenters. The second-order valence-corrected chi connectivity index (χ2v) is 16.0. The molecule has 1 aromatic heterocycles. The Morgan fingerprint density at radius 2 is 0.927 bits per heavy atom. The molecule has 0 unspecified atom stereocenters. The molecule has 0 saturated carbocycles. The molecule has 2 aliphatic rings. The molecule has 0 N–H and O–H groups in total. The maximum atomic E-state index is 13.6. The van der Waals surface area contributed by atoms with Crippen LogP contribution in [-0.4, -0.2) is 9.55 Å². The molecule has 2 nitrogen and oxygen atoms in total. The number of alkyl halides is 3. The van der Waals surface area contributed by atoms with E-state index >= 15 is 0 Å². The van der Waals surface area contributed by atoms with Crippen LogP contribution < -0.4 is 0 Å². The molecule has 0 saturated heterocycles. The minimum absolute atomic E-state index is 0.138. The standard InChI is InChI=1S/C50H37F3N2/c1-48(2)41-25-33(30-11-7-5-8-12-30)19-22-37(41)39-28-44-40(29-43(39)48)38-23-20-34(26-42(38)49(44,3)4)31-15-17-32(18-16-31)47-54-45-27-35(50(51,52)53)21-24-46(45)55(47)36-13-9-6-10-14-36/h5-29H,1-4H3. The van der Waals surface area contributed by atoms with Crippen LogP contribution in [0.4, 0.5) is 13.2 Å². The Bertz CT molecular complexity index is 2830. The van der Waals surface area contributed by atoms with E-state index in [9.17, 15) is 13.2 Å². The van der Waals surface area contributed by atoms with Gasteiger partial charge in [-0.05, 0) is 121 Å². The topological polar surface area (TPSA) is 17.8 Å². The number of fused-ring (bicyclic) bond motifs is 7. The molecule has 268 valence electrons. The molecule has 7 aromatic carbocycles. The first-order valence-electron chi connectivity index (χ1n) is 18.7. The fourth-order valence-corrected chi connectivity index (χ4v) is 9.05.